The average molecular weight is 446 g/mol. The van der Waals surface area contributed by atoms with Gasteiger partial charge >= 0.3 is 0 Å². The number of aromatic nitrogens is 1. The number of nitrogens with zero attached hydrogens (tertiary/aromatic N) is 3. The van der Waals surface area contributed by atoms with Crippen molar-refractivity contribution in [1.82, 2.24) is 15.2 Å². The van der Waals surface area contributed by atoms with E-state index in [1.807, 2.05) is 30.3 Å². The first kappa shape index (κ1) is 21.2. The van der Waals surface area contributed by atoms with Crippen LogP contribution in [0.25, 0.3) is 34.0 Å². The molecule has 0 saturated carbocycles. The largest absolute Gasteiger partial charge is 0.383 e. The molecule has 0 aliphatic carbocycles. The number of nitrogen functional groups attached to an aromatic ring is 1. The van der Waals surface area contributed by atoms with E-state index in [1.54, 1.807) is 18.3 Å². The highest BCUT2D eigenvalue weighted by Gasteiger charge is 2.19. The molecule has 5 rings (SSSR count). The van der Waals surface area contributed by atoms with Crippen molar-refractivity contribution in [2.24, 2.45) is 0 Å². The predicted molar refractivity (Wildman–Crippen MR) is 130 cm³/mol. The summed E-state index contributed by atoms with van der Waals surface area (Å²) in [6, 6.07) is 12.6. The van der Waals surface area contributed by atoms with Crippen molar-refractivity contribution in [2.75, 3.05) is 43.9 Å². The maximum absolute atomic E-state index is 14.9. The molecule has 1 fully saturated rings. The number of benzene rings is 2. The van der Waals surface area contributed by atoms with Crippen LogP contribution in [0.15, 0.2) is 55.2 Å². The van der Waals surface area contributed by atoms with Crippen molar-refractivity contribution in [3.05, 3.63) is 78.1 Å². The summed E-state index contributed by atoms with van der Waals surface area (Å²) in [6.45, 7) is 7.79. The third-order valence-corrected chi connectivity index (χ3v) is 6.31. The second-order valence-electron chi connectivity index (χ2n) is 8.48. The van der Waals surface area contributed by atoms with Gasteiger partial charge in [-0.3, -0.25) is 0 Å². The number of hydrogen-bond acceptors (Lipinski definition) is 5. The second-order valence-corrected chi connectivity index (χ2v) is 8.48. The van der Waals surface area contributed by atoms with Gasteiger partial charge in [-0.15, -0.1) is 0 Å². The molecule has 0 amide bonds. The molecule has 33 heavy (non-hydrogen) atoms. The smallest absolute Gasteiger partial charge is 0.222 e. The molecule has 1 saturated heterocycles. The van der Waals surface area contributed by atoms with E-state index >= 15 is 0 Å². The Bertz CT molecular complexity index is 1260. The minimum atomic E-state index is -0.653. The van der Waals surface area contributed by atoms with E-state index in [4.69, 9.17) is 5.73 Å². The maximum Gasteiger partial charge on any atom is 0.222 e. The Kier molecular flexibility index (Phi) is 5.34. The normalized spacial score (nSPS) is 16.0. The third kappa shape index (κ3) is 3.96. The standard InChI is InChI=1S/C26H25F2N5/c1-16-24-18(7-8-30-16)13-19(14-23(24)27)22-15-21(25(28)31-26(22)29)17-3-5-20(6-4-17)33-11-9-32(2)10-12-33/h3-8,13-15,30H,1,9-12H2,2H3,(H2,29,31). The van der Waals surface area contributed by atoms with Crippen molar-refractivity contribution >= 4 is 23.3 Å². The Balaban J connectivity index is 1.51. The summed E-state index contributed by atoms with van der Waals surface area (Å²) in [5.74, 6) is -1.06. The Morgan fingerprint density at radius 2 is 1.70 bits per heavy atom. The zero-order valence-electron chi connectivity index (χ0n) is 18.4. The molecule has 0 unspecified atom stereocenters. The van der Waals surface area contributed by atoms with Gasteiger partial charge in [0.1, 0.15) is 11.6 Å². The van der Waals surface area contributed by atoms with Crippen LogP contribution < -0.4 is 16.0 Å². The van der Waals surface area contributed by atoms with E-state index < -0.39 is 11.8 Å². The molecule has 0 bridgehead atoms. The number of anilines is 2. The molecule has 2 aliphatic rings. The van der Waals surface area contributed by atoms with E-state index in [1.165, 1.54) is 6.07 Å². The van der Waals surface area contributed by atoms with E-state index in [0.29, 0.717) is 39.1 Å². The van der Waals surface area contributed by atoms with Crippen LogP contribution in [0.3, 0.4) is 0 Å². The number of hydrogen-bond donors (Lipinski definition) is 2. The average Bonchev–Trinajstić information content (AvgIpc) is 2.80. The van der Waals surface area contributed by atoms with Crippen molar-refractivity contribution in [3.8, 4) is 22.3 Å². The van der Waals surface area contributed by atoms with Crippen LogP contribution in [0.2, 0.25) is 0 Å². The SMILES string of the molecule is C=C1NC=Cc2cc(-c3cc(-c4ccc(N5CCN(C)CC5)cc4)c(F)nc3N)cc(F)c21. The number of piperazine rings is 1. The van der Waals surface area contributed by atoms with Crippen LogP contribution in [0.4, 0.5) is 20.3 Å². The zero-order valence-corrected chi connectivity index (χ0v) is 18.4. The van der Waals surface area contributed by atoms with Gasteiger partial charge in [0.05, 0.1) is 0 Å². The van der Waals surface area contributed by atoms with Crippen LogP contribution in [0.1, 0.15) is 11.1 Å². The Morgan fingerprint density at radius 3 is 2.42 bits per heavy atom. The molecule has 3 heterocycles. The molecule has 3 N–H and O–H groups in total. The van der Waals surface area contributed by atoms with E-state index in [2.05, 4.69) is 33.7 Å². The van der Waals surface area contributed by atoms with Crippen molar-refractivity contribution in [3.63, 3.8) is 0 Å². The fourth-order valence-corrected chi connectivity index (χ4v) is 4.39. The number of rotatable bonds is 3. The van der Waals surface area contributed by atoms with Gasteiger partial charge in [0.25, 0.3) is 0 Å². The Hall–Kier alpha value is -3.71. The molecule has 0 atom stereocenters. The lowest BCUT2D eigenvalue weighted by Crippen LogP contribution is -2.44. The summed E-state index contributed by atoms with van der Waals surface area (Å²) in [6.07, 6.45) is 3.47. The summed E-state index contributed by atoms with van der Waals surface area (Å²) < 4.78 is 29.7. The van der Waals surface area contributed by atoms with Crippen LogP contribution in [-0.2, 0) is 0 Å². The fraction of sp³-hybridized carbons (Fsp3) is 0.192. The minimum absolute atomic E-state index is 0.0152. The number of halogens is 2. The summed E-state index contributed by atoms with van der Waals surface area (Å²) in [4.78, 5) is 8.55. The lowest BCUT2D eigenvalue weighted by atomic mass is 9.94. The van der Waals surface area contributed by atoms with Crippen molar-refractivity contribution in [2.45, 2.75) is 0 Å². The lowest BCUT2D eigenvalue weighted by Gasteiger charge is -2.34. The molecule has 3 aromatic rings. The molecule has 1 aromatic heterocycles. The number of fused-ring (bicyclic) bond motifs is 1. The third-order valence-electron chi connectivity index (χ3n) is 6.31. The Labute approximate surface area is 191 Å². The topological polar surface area (TPSA) is 57.4 Å². The number of likely N-dealkylation sites (N-methyl/N-ethyl adjacent to an activating group) is 1. The monoisotopic (exact) mass is 445 g/mol. The number of nitrogens with two attached hydrogens (primary N) is 1. The highest BCUT2D eigenvalue weighted by atomic mass is 19.1. The number of pyridine rings is 1. The Morgan fingerprint density at radius 1 is 0.970 bits per heavy atom. The van der Waals surface area contributed by atoms with Crippen molar-refractivity contribution < 1.29 is 8.78 Å². The predicted octanol–water partition coefficient (Wildman–Crippen LogP) is 4.57. The van der Waals surface area contributed by atoms with E-state index in [-0.39, 0.29) is 5.82 Å². The first-order chi connectivity index (χ1) is 15.9. The zero-order chi connectivity index (χ0) is 23.1. The molecular weight excluding hydrogens is 420 g/mol. The second kappa shape index (κ2) is 8.33. The summed E-state index contributed by atoms with van der Waals surface area (Å²) in [5, 5.41) is 2.91. The summed E-state index contributed by atoms with van der Waals surface area (Å²) in [7, 11) is 2.12. The van der Waals surface area contributed by atoms with Crippen LogP contribution >= 0.6 is 0 Å². The molecule has 2 aliphatic heterocycles. The van der Waals surface area contributed by atoms with Crippen LogP contribution in [0.5, 0.6) is 0 Å². The molecule has 0 spiro atoms. The fourth-order valence-electron chi connectivity index (χ4n) is 4.39. The van der Waals surface area contributed by atoms with Crippen molar-refractivity contribution in [1.29, 1.82) is 0 Å². The molecular formula is C26H25F2N5. The van der Waals surface area contributed by atoms with Gasteiger partial charge < -0.3 is 20.9 Å². The quantitative estimate of drug-likeness (QED) is 0.579. The minimum Gasteiger partial charge on any atom is -0.383 e. The van der Waals surface area contributed by atoms with E-state index in [9.17, 15) is 8.78 Å². The van der Waals surface area contributed by atoms with Gasteiger partial charge in [0.2, 0.25) is 5.95 Å². The molecule has 7 heteroatoms. The van der Waals surface area contributed by atoms with Crippen LogP contribution in [0, 0.1) is 11.8 Å². The molecule has 168 valence electrons. The van der Waals surface area contributed by atoms with Gasteiger partial charge in [-0.2, -0.15) is 4.39 Å². The molecule has 5 nitrogen and oxygen atoms in total. The maximum atomic E-state index is 14.9. The van der Waals surface area contributed by atoms with Gasteiger partial charge in [-0.05, 0) is 60.1 Å². The highest BCUT2D eigenvalue weighted by molar-refractivity contribution is 5.85. The highest BCUT2D eigenvalue weighted by Crippen LogP contribution is 2.36. The van der Waals surface area contributed by atoms with Gasteiger partial charge in [0.15, 0.2) is 0 Å². The summed E-state index contributed by atoms with van der Waals surface area (Å²) in [5.41, 5.74) is 10.8. The molecule has 0 radical (unpaired) electrons. The molecule has 2 aromatic carbocycles. The van der Waals surface area contributed by atoms with Gasteiger partial charge in [-0.1, -0.05) is 18.7 Å². The van der Waals surface area contributed by atoms with Crippen LogP contribution in [-0.4, -0.2) is 43.1 Å². The van der Waals surface area contributed by atoms with Gasteiger partial charge in [-0.25, -0.2) is 9.37 Å². The number of nitrogens with one attached hydrogen (secondary N) is 1. The van der Waals surface area contributed by atoms with Gasteiger partial charge in [0, 0.05) is 60.5 Å². The lowest BCUT2D eigenvalue weighted by molar-refractivity contribution is 0.313. The van der Waals surface area contributed by atoms with E-state index in [0.717, 1.165) is 31.9 Å². The first-order valence-electron chi connectivity index (χ1n) is 10.9. The summed E-state index contributed by atoms with van der Waals surface area (Å²) >= 11 is 0. The first-order valence-corrected chi connectivity index (χ1v) is 10.9.